The van der Waals surface area contributed by atoms with Crippen molar-refractivity contribution in [2.45, 2.75) is 5.75 Å². The van der Waals surface area contributed by atoms with Crippen molar-refractivity contribution in [3.05, 3.63) is 71.0 Å². The highest BCUT2D eigenvalue weighted by molar-refractivity contribution is 9.10. The van der Waals surface area contributed by atoms with Crippen LogP contribution in [0, 0.1) is 0 Å². The molecule has 1 heterocycles. The number of carbonyl (C=O) groups excluding carboxylic acids is 1. The summed E-state index contributed by atoms with van der Waals surface area (Å²) >= 11 is 4.91. The van der Waals surface area contributed by atoms with Crippen molar-refractivity contribution >= 4 is 39.3 Å². The molecule has 0 saturated heterocycles. The smallest absolute Gasteiger partial charge is 0.234 e. The minimum absolute atomic E-state index is 0.0429. The van der Waals surface area contributed by atoms with Gasteiger partial charge in [-0.1, -0.05) is 30.3 Å². The zero-order chi connectivity index (χ0) is 16.8. The fourth-order valence-electron chi connectivity index (χ4n) is 2.08. The predicted octanol–water partition coefficient (Wildman–Crippen LogP) is 4.98. The lowest BCUT2D eigenvalue weighted by atomic mass is 10.2. The van der Waals surface area contributed by atoms with Gasteiger partial charge in [0.15, 0.2) is 0 Å². The lowest BCUT2D eigenvalue weighted by Crippen LogP contribution is -2.14. The second-order valence-electron chi connectivity index (χ2n) is 5.03. The van der Waals surface area contributed by atoms with Gasteiger partial charge >= 0.3 is 0 Å². The van der Waals surface area contributed by atoms with Gasteiger partial charge in [-0.05, 0) is 40.2 Å². The van der Waals surface area contributed by atoms with E-state index in [1.165, 1.54) is 11.8 Å². The highest BCUT2D eigenvalue weighted by Crippen LogP contribution is 2.22. The molecule has 24 heavy (non-hydrogen) atoms. The van der Waals surface area contributed by atoms with Gasteiger partial charge in [0.2, 0.25) is 11.8 Å². The Balaban J connectivity index is 1.49. The molecule has 0 spiro atoms. The third-order valence-corrected chi connectivity index (χ3v) is 4.86. The molecular weight excluding hydrogens is 388 g/mol. The third kappa shape index (κ3) is 4.49. The van der Waals surface area contributed by atoms with E-state index < -0.39 is 0 Å². The number of carbonyl (C=O) groups is 1. The van der Waals surface area contributed by atoms with Gasteiger partial charge in [0, 0.05) is 15.8 Å². The zero-order valence-corrected chi connectivity index (χ0v) is 15.1. The molecule has 0 aliphatic carbocycles. The quantitative estimate of drug-likeness (QED) is 0.631. The maximum Gasteiger partial charge on any atom is 0.234 e. The molecule has 0 aliphatic rings. The van der Waals surface area contributed by atoms with Crippen molar-refractivity contribution in [1.82, 2.24) is 4.98 Å². The van der Waals surface area contributed by atoms with Gasteiger partial charge < -0.3 is 9.73 Å². The number of hydrogen-bond acceptors (Lipinski definition) is 4. The Hall–Kier alpha value is -2.05. The maximum absolute atomic E-state index is 12.0. The molecule has 0 bridgehead atoms. The maximum atomic E-state index is 12.0. The average Bonchev–Trinajstić information content (AvgIpc) is 3.07. The van der Waals surface area contributed by atoms with E-state index in [-0.39, 0.29) is 5.91 Å². The van der Waals surface area contributed by atoms with Crippen molar-refractivity contribution in [1.29, 1.82) is 0 Å². The van der Waals surface area contributed by atoms with E-state index in [4.69, 9.17) is 4.42 Å². The van der Waals surface area contributed by atoms with Crippen LogP contribution in [-0.4, -0.2) is 16.6 Å². The molecule has 1 N–H and O–H groups in total. The van der Waals surface area contributed by atoms with Crippen LogP contribution >= 0.6 is 27.7 Å². The van der Waals surface area contributed by atoms with Gasteiger partial charge in [0.05, 0.1) is 17.1 Å². The van der Waals surface area contributed by atoms with E-state index in [0.717, 1.165) is 21.4 Å². The van der Waals surface area contributed by atoms with Gasteiger partial charge in [-0.2, -0.15) is 0 Å². The third-order valence-electron chi connectivity index (χ3n) is 3.20. The van der Waals surface area contributed by atoms with Crippen LogP contribution < -0.4 is 5.32 Å². The molecule has 6 heteroatoms. The molecule has 0 atom stereocenters. The highest BCUT2D eigenvalue weighted by Gasteiger charge is 2.09. The van der Waals surface area contributed by atoms with Crippen LogP contribution in [0.2, 0.25) is 0 Å². The predicted molar refractivity (Wildman–Crippen MR) is 101 cm³/mol. The Morgan fingerprint density at radius 3 is 2.67 bits per heavy atom. The van der Waals surface area contributed by atoms with Crippen molar-refractivity contribution in [3.8, 4) is 11.5 Å². The number of nitrogens with one attached hydrogen (secondary N) is 1. The summed E-state index contributed by atoms with van der Waals surface area (Å²) in [6.07, 6.45) is 1.64. The number of thioether (sulfide) groups is 1. The zero-order valence-electron chi connectivity index (χ0n) is 12.7. The lowest BCUT2D eigenvalue weighted by Gasteiger charge is -2.06. The van der Waals surface area contributed by atoms with Crippen LogP contribution in [0.25, 0.3) is 11.5 Å². The number of oxazole rings is 1. The fraction of sp³-hybridized carbons (Fsp3) is 0.111. The Morgan fingerprint density at radius 2 is 1.88 bits per heavy atom. The van der Waals surface area contributed by atoms with Crippen LogP contribution in [0.1, 0.15) is 5.69 Å². The van der Waals surface area contributed by atoms with E-state index >= 15 is 0 Å². The van der Waals surface area contributed by atoms with Crippen molar-refractivity contribution in [2.24, 2.45) is 0 Å². The Kier molecular flexibility index (Phi) is 5.72. The summed E-state index contributed by atoms with van der Waals surface area (Å²) in [5, 5.41) is 2.88. The first-order valence-electron chi connectivity index (χ1n) is 7.34. The lowest BCUT2D eigenvalue weighted by molar-refractivity contribution is -0.113. The van der Waals surface area contributed by atoms with E-state index in [1.54, 1.807) is 6.26 Å². The summed E-state index contributed by atoms with van der Waals surface area (Å²) in [6.45, 7) is 0. The number of rotatable bonds is 6. The summed E-state index contributed by atoms with van der Waals surface area (Å²) in [4.78, 5) is 16.4. The number of nitrogens with zero attached hydrogens (tertiary/aromatic N) is 1. The Labute approximate surface area is 152 Å². The van der Waals surface area contributed by atoms with Gasteiger partial charge in [-0.3, -0.25) is 4.79 Å². The average molecular weight is 403 g/mol. The Morgan fingerprint density at radius 1 is 1.12 bits per heavy atom. The second-order valence-corrected chi connectivity index (χ2v) is 6.87. The molecular formula is C18H15BrN2O2S. The number of para-hydroxylation sites is 1. The molecule has 0 radical (unpaired) electrons. The van der Waals surface area contributed by atoms with Gasteiger partial charge in [0.1, 0.15) is 6.26 Å². The largest absolute Gasteiger partial charge is 0.444 e. The number of benzene rings is 2. The molecule has 3 aromatic rings. The van der Waals surface area contributed by atoms with Crippen molar-refractivity contribution < 1.29 is 9.21 Å². The van der Waals surface area contributed by atoms with Gasteiger partial charge in [-0.25, -0.2) is 4.98 Å². The molecule has 0 aliphatic heterocycles. The monoisotopic (exact) mass is 402 g/mol. The van der Waals surface area contributed by atoms with Crippen LogP contribution in [0.15, 0.2) is 69.8 Å². The summed E-state index contributed by atoms with van der Waals surface area (Å²) in [6, 6.07) is 17.3. The molecule has 1 amide bonds. The summed E-state index contributed by atoms with van der Waals surface area (Å²) < 4.78 is 6.36. The van der Waals surface area contributed by atoms with E-state index in [9.17, 15) is 4.79 Å². The molecule has 3 rings (SSSR count). The molecule has 0 unspecified atom stereocenters. The molecule has 2 aromatic carbocycles. The van der Waals surface area contributed by atoms with Crippen LogP contribution in [0.3, 0.4) is 0 Å². The number of halogens is 1. The van der Waals surface area contributed by atoms with Crippen molar-refractivity contribution in [2.75, 3.05) is 11.1 Å². The van der Waals surface area contributed by atoms with Crippen LogP contribution in [0.4, 0.5) is 5.69 Å². The van der Waals surface area contributed by atoms with E-state index in [2.05, 4.69) is 26.2 Å². The standard InChI is InChI=1S/C18H15BrN2O2S/c19-15-8-4-5-9-16(15)21-17(22)12-24-11-14-10-23-18(20-14)13-6-2-1-3-7-13/h1-10H,11-12H2,(H,21,22). The number of anilines is 1. The highest BCUT2D eigenvalue weighted by atomic mass is 79.9. The molecule has 0 saturated carbocycles. The van der Waals surface area contributed by atoms with Gasteiger partial charge in [0.25, 0.3) is 0 Å². The van der Waals surface area contributed by atoms with Crippen LogP contribution in [-0.2, 0) is 10.5 Å². The molecule has 1 aromatic heterocycles. The molecule has 0 fully saturated rings. The summed E-state index contributed by atoms with van der Waals surface area (Å²) in [7, 11) is 0. The van der Waals surface area contributed by atoms with Gasteiger partial charge in [-0.15, -0.1) is 11.8 Å². The first kappa shape index (κ1) is 16.8. The van der Waals surface area contributed by atoms with Crippen LogP contribution in [0.5, 0.6) is 0 Å². The SMILES string of the molecule is O=C(CSCc1coc(-c2ccccc2)n1)Nc1ccccc1Br. The normalized spacial score (nSPS) is 10.5. The minimum atomic E-state index is -0.0429. The number of amides is 1. The van der Waals surface area contributed by atoms with E-state index in [0.29, 0.717) is 17.4 Å². The topological polar surface area (TPSA) is 55.1 Å². The van der Waals surface area contributed by atoms with E-state index in [1.807, 2.05) is 54.6 Å². The van der Waals surface area contributed by atoms with Crippen molar-refractivity contribution in [3.63, 3.8) is 0 Å². The minimum Gasteiger partial charge on any atom is -0.444 e. The Bertz CT molecular complexity index is 821. The first-order chi connectivity index (χ1) is 11.7. The summed E-state index contributed by atoms with van der Waals surface area (Å²) in [5.41, 5.74) is 2.55. The fourth-order valence-corrected chi connectivity index (χ4v) is 3.17. The number of aromatic nitrogens is 1. The number of hydrogen-bond donors (Lipinski definition) is 1. The molecule has 4 nitrogen and oxygen atoms in total. The first-order valence-corrected chi connectivity index (χ1v) is 9.29. The summed E-state index contributed by atoms with van der Waals surface area (Å²) in [5.74, 6) is 1.54. The molecule has 122 valence electrons. The second kappa shape index (κ2) is 8.17.